The number of nitrogens with zero attached hydrogens (tertiary/aromatic N) is 1. The average molecular weight is 399 g/mol. The van der Waals surface area contributed by atoms with Crippen LogP contribution >= 0.6 is 0 Å². The van der Waals surface area contributed by atoms with Gasteiger partial charge >= 0.3 is 0 Å². The summed E-state index contributed by atoms with van der Waals surface area (Å²) in [7, 11) is 1.50. The van der Waals surface area contributed by atoms with Crippen molar-refractivity contribution < 1.29 is 23.8 Å². The maximum absolute atomic E-state index is 11.8. The van der Waals surface area contributed by atoms with E-state index in [2.05, 4.69) is 15.8 Å². The Labute approximate surface area is 169 Å². The third-order valence-electron chi connectivity index (χ3n) is 3.68. The Bertz CT molecular complexity index is 867. The third-order valence-corrected chi connectivity index (χ3v) is 3.68. The Morgan fingerprint density at radius 3 is 2.55 bits per heavy atom. The van der Waals surface area contributed by atoms with E-state index in [1.54, 1.807) is 24.3 Å². The van der Waals surface area contributed by atoms with E-state index in [1.165, 1.54) is 13.3 Å². The highest BCUT2D eigenvalue weighted by atomic mass is 16.5. The summed E-state index contributed by atoms with van der Waals surface area (Å²) in [6.45, 7) is 4.07. The molecule has 0 atom stereocenters. The molecule has 0 aliphatic carbocycles. The van der Waals surface area contributed by atoms with Gasteiger partial charge in [-0.3, -0.25) is 9.59 Å². The van der Waals surface area contributed by atoms with Crippen LogP contribution in [0.4, 0.5) is 0 Å². The van der Waals surface area contributed by atoms with Crippen LogP contribution in [0.3, 0.4) is 0 Å². The van der Waals surface area contributed by atoms with Crippen molar-refractivity contribution in [1.29, 1.82) is 0 Å². The molecule has 0 saturated carbocycles. The maximum Gasteiger partial charge on any atom is 0.277 e. The predicted octanol–water partition coefficient (Wildman–Crippen LogP) is 2.05. The number of carbonyl (C=O) groups excluding carboxylic acids is 2. The second kappa shape index (κ2) is 11.3. The molecule has 0 unspecified atom stereocenters. The zero-order chi connectivity index (χ0) is 21.1. The van der Waals surface area contributed by atoms with E-state index in [0.717, 1.165) is 5.56 Å². The van der Waals surface area contributed by atoms with Gasteiger partial charge in [0.15, 0.2) is 24.7 Å². The fraction of sp³-hybridized carbons (Fsp3) is 0.286. The van der Waals surface area contributed by atoms with Crippen LogP contribution in [0.5, 0.6) is 17.2 Å². The lowest BCUT2D eigenvalue weighted by atomic mass is 10.2. The molecule has 0 saturated heterocycles. The van der Waals surface area contributed by atoms with Gasteiger partial charge in [0, 0.05) is 6.54 Å². The number of hydrogen-bond donors (Lipinski definition) is 2. The molecule has 2 aromatic carbocycles. The summed E-state index contributed by atoms with van der Waals surface area (Å²) in [5, 5.41) is 6.56. The van der Waals surface area contributed by atoms with Gasteiger partial charge < -0.3 is 19.5 Å². The standard InChI is InChI=1S/C21H25N3O5/c1-4-22-20(25)13-29-18-9-8-16(11-19(18)27-3)12-23-24-21(26)14-28-17-7-5-6-15(2)10-17/h5-12H,4,13-14H2,1-3H3,(H,22,25)(H,24,26)/b23-12-. The van der Waals surface area contributed by atoms with E-state index in [-0.39, 0.29) is 25.0 Å². The molecule has 0 spiro atoms. The second-order valence-electron chi connectivity index (χ2n) is 6.05. The SMILES string of the molecule is CCNC(=O)COc1ccc(/C=N\NC(=O)COc2cccc(C)c2)cc1OC. The number of hydrazone groups is 1. The summed E-state index contributed by atoms with van der Waals surface area (Å²) in [5.41, 5.74) is 4.14. The highest BCUT2D eigenvalue weighted by molar-refractivity contribution is 5.83. The molecule has 0 aliphatic heterocycles. The van der Waals surface area contributed by atoms with Gasteiger partial charge in [-0.2, -0.15) is 5.10 Å². The Morgan fingerprint density at radius 2 is 1.83 bits per heavy atom. The fourth-order valence-electron chi connectivity index (χ4n) is 2.34. The molecule has 2 aromatic rings. The number of likely N-dealkylation sites (N-methyl/N-ethyl adjacent to an activating group) is 1. The number of amides is 2. The number of hydrogen-bond acceptors (Lipinski definition) is 6. The second-order valence-corrected chi connectivity index (χ2v) is 6.05. The smallest absolute Gasteiger partial charge is 0.277 e. The fourth-order valence-corrected chi connectivity index (χ4v) is 2.34. The van der Waals surface area contributed by atoms with Gasteiger partial charge in [-0.05, 0) is 55.3 Å². The van der Waals surface area contributed by atoms with Gasteiger partial charge in [-0.1, -0.05) is 12.1 Å². The normalized spacial score (nSPS) is 10.4. The molecule has 29 heavy (non-hydrogen) atoms. The van der Waals surface area contributed by atoms with Gasteiger partial charge in [0.25, 0.3) is 11.8 Å². The van der Waals surface area contributed by atoms with Crippen LogP contribution in [0.25, 0.3) is 0 Å². The first-order chi connectivity index (χ1) is 14.0. The van der Waals surface area contributed by atoms with Crippen molar-refractivity contribution in [3.63, 3.8) is 0 Å². The molecule has 154 valence electrons. The van der Waals surface area contributed by atoms with Gasteiger partial charge in [-0.25, -0.2) is 5.43 Å². The van der Waals surface area contributed by atoms with Crippen molar-refractivity contribution >= 4 is 18.0 Å². The molecule has 0 radical (unpaired) electrons. The molecule has 0 heterocycles. The summed E-state index contributed by atoms with van der Waals surface area (Å²) in [6.07, 6.45) is 1.47. The highest BCUT2D eigenvalue weighted by Gasteiger charge is 2.08. The minimum Gasteiger partial charge on any atom is -0.493 e. The average Bonchev–Trinajstić information content (AvgIpc) is 2.71. The molecule has 0 aromatic heterocycles. The van der Waals surface area contributed by atoms with Crippen LogP contribution in [0.15, 0.2) is 47.6 Å². The number of benzene rings is 2. The molecule has 0 aliphatic rings. The monoisotopic (exact) mass is 399 g/mol. The predicted molar refractivity (Wildman–Crippen MR) is 110 cm³/mol. The molecule has 0 fully saturated rings. The van der Waals surface area contributed by atoms with Crippen molar-refractivity contribution in [3.8, 4) is 17.2 Å². The lowest BCUT2D eigenvalue weighted by molar-refractivity contribution is -0.123. The number of carbonyl (C=O) groups is 2. The lowest BCUT2D eigenvalue weighted by Gasteiger charge is -2.11. The minimum atomic E-state index is -0.378. The number of ether oxygens (including phenoxy) is 3. The number of nitrogens with one attached hydrogen (secondary N) is 2. The van der Waals surface area contributed by atoms with Crippen molar-refractivity contribution in [3.05, 3.63) is 53.6 Å². The van der Waals surface area contributed by atoms with E-state index < -0.39 is 0 Å². The van der Waals surface area contributed by atoms with Crippen molar-refractivity contribution in [2.24, 2.45) is 5.10 Å². The van der Waals surface area contributed by atoms with Crippen molar-refractivity contribution in [2.75, 3.05) is 26.9 Å². The van der Waals surface area contributed by atoms with Gasteiger partial charge in [0.1, 0.15) is 5.75 Å². The minimum absolute atomic E-state index is 0.103. The Balaban J connectivity index is 1.86. The first kappa shape index (κ1) is 21.7. The quantitative estimate of drug-likeness (QED) is 0.471. The van der Waals surface area contributed by atoms with E-state index in [9.17, 15) is 9.59 Å². The van der Waals surface area contributed by atoms with Crippen molar-refractivity contribution in [1.82, 2.24) is 10.7 Å². The summed E-state index contributed by atoms with van der Waals surface area (Å²) < 4.78 is 16.1. The molecular formula is C21H25N3O5. The van der Waals surface area contributed by atoms with E-state index in [1.807, 2.05) is 32.0 Å². The van der Waals surface area contributed by atoms with E-state index in [0.29, 0.717) is 29.4 Å². The largest absolute Gasteiger partial charge is 0.493 e. The molecule has 2 rings (SSSR count). The topological polar surface area (TPSA) is 98.2 Å². The number of aryl methyl sites for hydroxylation is 1. The van der Waals surface area contributed by atoms with Crippen molar-refractivity contribution in [2.45, 2.75) is 13.8 Å². The Hall–Kier alpha value is -3.55. The van der Waals surface area contributed by atoms with Crippen LogP contribution in [-0.2, 0) is 9.59 Å². The molecule has 2 amide bonds. The van der Waals surface area contributed by atoms with Gasteiger partial charge in [0.2, 0.25) is 0 Å². The third kappa shape index (κ3) is 7.53. The number of rotatable bonds is 10. The van der Waals surface area contributed by atoms with Crippen LogP contribution in [0.2, 0.25) is 0 Å². The van der Waals surface area contributed by atoms with Crippen LogP contribution in [-0.4, -0.2) is 44.9 Å². The summed E-state index contributed by atoms with van der Waals surface area (Å²) in [6, 6.07) is 12.5. The summed E-state index contributed by atoms with van der Waals surface area (Å²) in [5.74, 6) is 0.920. The zero-order valence-corrected chi connectivity index (χ0v) is 16.7. The maximum atomic E-state index is 11.8. The first-order valence-corrected chi connectivity index (χ1v) is 9.10. The highest BCUT2D eigenvalue weighted by Crippen LogP contribution is 2.27. The van der Waals surface area contributed by atoms with Gasteiger partial charge in [0.05, 0.1) is 13.3 Å². The zero-order valence-electron chi connectivity index (χ0n) is 16.7. The molecule has 2 N–H and O–H groups in total. The Morgan fingerprint density at radius 1 is 1.03 bits per heavy atom. The van der Waals surface area contributed by atoms with Crippen LogP contribution in [0, 0.1) is 6.92 Å². The van der Waals surface area contributed by atoms with Crippen LogP contribution in [0.1, 0.15) is 18.1 Å². The lowest BCUT2D eigenvalue weighted by Crippen LogP contribution is -2.28. The first-order valence-electron chi connectivity index (χ1n) is 9.10. The number of methoxy groups -OCH3 is 1. The summed E-state index contributed by atoms with van der Waals surface area (Å²) in [4.78, 5) is 23.3. The molecule has 0 bridgehead atoms. The van der Waals surface area contributed by atoms with Crippen LogP contribution < -0.4 is 25.0 Å². The Kier molecular flexibility index (Phi) is 8.50. The molecule has 8 heteroatoms. The molecular weight excluding hydrogens is 374 g/mol. The van der Waals surface area contributed by atoms with E-state index in [4.69, 9.17) is 14.2 Å². The van der Waals surface area contributed by atoms with Gasteiger partial charge in [-0.15, -0.1) is 0 Å². The summed E-state index contributed by atoms with van der Waals surface area (Å²) >= 11 is 0. The molecule has 8 nitrogen and oxygen atoms in total. The van der Waals surface area contributed by atoms with E-state index >= 15 is 0 Å².